The van der Waals surface area contributed by atoms with E-state index in [1.807, 2.05) is 0 Å². The van der Waals surface area contributed by atoms with Crippen molar-refractivity contribution in [2.75, 3.05) is 0 Å². The van der Waals surface area contributed by atoms with Gasteiger partial charge in [-0.05, 0) is 12.0 Å². The summed E-state index contributed by atoms with van der Waals surface area (Å²) in [6, 6.07) is 2.12. The van der Waals surface area contributed by atoms with E-state index in [1.54, 1.807) is 0 Å². The smallest absolute Gasteiger partial charge is 0.142 e. The number of hydrogen-bond acceptors (Lipinski definition) is 0. The van der Waals surface area contributed by atoms with Crippen LogP contribution in [0.5, 0.6) is 0 Å². The summed E-state index contributed by atoms with van der Waals surface area (Å²) in [6.45, 7) is 6.15. The molecular weight excluding hydrogens is 133 g/mol. The van der Waals surface area contributed by atoms with Crippen molar-refractivity contribution in [3.05, 3.63) is 24.5 Å². The molecule has 0 bridgehead atoms. The average molecular weight is 147 g/mol. The van der Waals surface area contributed by atoms with E-state index in [9.17, 15) is 0 Å². The number of aryl methyl sites for hydroxylation is 1. The minimum Gasteiger partial charge on any atom is -0.351 e. The van der Waals surface area contributed by atoms with Gasteiger partial charge in [-0.15, -0.1) is 0 Å². The molecule has 11 heavy (non-hydrogen) atoms. The zero-order valence-electron chi connectivity index (χ0n) is 7.52. The third-order valence-electron chi connectivity index (χ3n) is 2.04. The fourth-order valence-electron chi connectivity index (χ4n) is 1.35. The van der Waals surface area contributed by atoms with Gasteiger partial charge in [0.1, 0.15) is 7.85 Å². The summed E-state index contributed by atoms with van der Waals surface area (Å²) in [5.74, 6) is 0. The summed E-state index contributed by atoms with van der Waals surface area (Å²) < 4.78 is 2.13. The van der Waals surface area contributed by atoms with Gasteiger partial charge in [-0.25, -0.2) is 0 Å². The van der Waals surface area contributed by atoms with Crippen LogP contribution in [0.1, 0.15) is 19.0 Å². The van der Waals surface area contributed by atoms with Crippen LogP contribution in [0.25, 0.3) is 5.57 Å². The molecule has 1 aromatic heterocycles. The van der Waals surface area contributed by atoms with Crippen molar-refractivity contribution in [2.45, 2.75) is 13.3 Å². The molecule has 1 aromatic rings. The molecule has 0 aromatic carbocycles. The van der Waals surface area contributed by atoms with Gasteiger partial charge in [-0.1, -0.05) is 25.0 Å². The lowest BCUT2D eigenvalue weighted by Crippen LogP contribution is -2.08. The monoisotopic (exact) mass is 147 g/mol. The highest BCUT2D eigenvalue weighted by Gasteiger charge is 2.03. The molecule has 1 heterocycles. The minimum absolute atomic E-state index is 1.03. The maximum atomic E-state index is 4.02. The fourth-order valence-corrected chi connectivity index (χ4v) is 1.35. The highest BCUT2D eigenvalue weighted by Crippen LogP contribution is 2.12. The predicted octanol–water partition coefficient (Wildman–Crippen LogP) is 0.707. The van der Waals surface area contributed by atoms with E-state index >= 15 is 0 Å². The van der Waals surface area contributed by atoms with Crippen LogP contribution in [0, 0.1) is 0 Å². The maximum absolute atomic E-state index is 4.02. The summed E-state index contributed by atoms with van der Waals surface area (Å²) in [7, 11) is 4.18. The molecule has 1 nitrogen and oxygen atoms in total. The molecule has 0 aliphatic carbocycles. The molecule has 0 unspecified atom stereocenters. The Kier molecular flexibility index (Phi) is 2.23. The lowest BCUT2D eigenvalue weighted by atomic mass is 9.93. The fraction of sp³-hybridized carbons (Fsp3) is 0.333. The molecule has 0 saturated heterocycles. The van der Waals surface area contributed by atoms with E-state index < -0.39 is 0 Å². The van der Waals surface area contributed by atoms with Crippen LogP contribution < -0.4 is 5.46 Å². The second kappa shape index (κ2) is 2.99. The van der Waals surface area contributed by atoms with Crippen LogP contribution in [-0.2, 0) is 7.05 Å². The van der Waals surface area contributed by atoms with E-state index in [0.717, 1.165) is 6.42 Å². The molecule has 0 amide bonds. The van der Waals surface area contributed by atoms with Gasteiger partial charge in [0.15, 0.2) is 0 Å². The molecule has 0 aliphatic heterocycles. The predicted molar refractivity (Wildman–Crippen MR) is 52.9 cm³/mol. The molecule has 1 rings (SSSR count). The van der Waals surface area contributed by atoms with Crippen molar-refractivity contribution in [1.82, 2.24) is 4.57 Å². The van der Waals surface area contributed by atoms with Crippen molar-refractivity contribution in [3.63, 3.8) is 0 Å². The van der Waals surface area contributed by atoms with Gasteiger partial charge in [0, 0.05) is 18.9 Å². The third-order valence-corrected chi connectivity index (χ3v) is 2.04. The third kappa shape index (κ3) is 1.39. The second-order valence-electron chi connectivity index (χ2n) is 2.92. The number of hydrogen-bond donors (Lipinski definition) is 0. The minimum atomic E-state index is 1.03. The Morgan fingerprint density at radius 1 is 1.73 bits per heavy atom. The van der Waals surface area contributed by atoms with Crippen LogP contribution in [-0.4, -0.2) is 12.4 Å². The topological polar surface area (TPSA) is 4.93 Å². The quantitative estimate of drug-likeness (QED) is 0.543. The lowest BCUT2D eigenvalue weighted by Gasteiger charge is -2.05. The number of aromatic nitrogens is 1. The normalized spacial score (nSPS) is 10.0. The molecule has 58 valence electrons. The molecule has 0 N–H and O–H groups in total. The highest BCUT2D eigenvalue weighted by atomic mass is 14.9. The number of nitrogens with zero attached hydrogens (tertiary/aromatic N) is 1. The molecule has 0 saturated carbocycles. The van der Waals surface area contributed by atoms with Crippen LogP contribution in [0.3, 0.4) is 0 Å². The Labute approximate surface area is 69.1 Å². The summed E-state index contributed by atoms with van der Waals surface area (Å²) in [5.41, 5.74) is 3.82. The van der Waals surface area contributed by atoms with E-state index in [4.69, 9.17) is 0 Å². The van der Waals surface area contributed by atoms with Crippen LogP contribution in [0.2, 0.25) is 0 Å². The molecule has 0 spiro atoms. The molecule has 0 aliphatic rings. The Balaban J connectivity index is 3.10. The van der Waals surface area contributed by atoms with Crippen LogP contribution >= 0.6 is 0 Å². The highest BCUT2D eigenvalue weighted by molar-refractivity contribution is 6.34. The number of allylic oxidation sites excluding steroid dienone is 1. The van der Waals surface area contributed by atoms with Gasteiger partial charge >= 0.3 is 0 Å². The molecular formula is C9H14BN. The molecule has 2 heteroatoms. The largest absolute Gasteiger partial charge is 0.351 e. The lowest BCUT2D eigenvalue weighted by molar-refractivity contribution is 0.904. The SMILES string of the molecule is Bc1ccn(C)c1C(=C)CC. The maximum Gasteiger partial charge on any atom is 0.142 e. The van der Waals surface area contributed by atoms with Gasteiger partial charge in [0.2, 0.25) is 0 Å². The summed E-state index contributed by atoms with van der Waals surface area (Å²) in [5, 5.41) is 0. The summed E-state index contributed by atoms with van der Waals surface area (Å²) in [4.78, 5) is 0. The van der Waals surface area contributed by atoms with Crippen molar-refractivity contribution in [1.29, 1.82) is 0 Å². The Bertz CT molecular complexity index is 254. The summed E-state index contributed by atoms with van der Waals surface area (Å²) in [6.07, 6.45) is 3.10. The van der Waals surface area contributed by atoms with E-state index in [1.165, 1.54) is 16.7 Å². The Morgan fingerprint density at radius 3 is 2.73 bits per heavy atom. The van der Waals surface area contributed by atoms with Gasteiger partial charge in [-0.3, -0.25) is 0 Å². The van der Waals surface area contributed by atoms with Crippen LogP contribution in [0.4, 0.5) is 0 Å². The van der Waals surface area contributed by atoms with Crippen LogP contribution in [0.15, 0.2) is 18.8 Å². The first kappa shape index (κ1) is 8.18. The van der Waals surface area contributed by atoms with Crippen molar-refractivity contribution >= 4 is 18.9 Å². The van der Waals surface area contributed by atoms with Gasteiger partial charge < -0.3 is 4.57 Å². The Morgan fingerprint density at radius 2 is 2.36 bits per heavy atom. The van der Waals surface area contributed by atoms with E-state index in [0.29, 0.717) is 0 Å². The molecule has 0 atom stereocenters. The van der Waals surface area contributed by atoms with E-state index in [-0.39, 0.29) is 0 Å². The van der Waals surface area contributed by atoms with E-state index in [2.05, 4.69) is 45.2 Å². The van der Waals surface area contributed by atoms with Gasteiger partial charge in [-0.2, -0.15) is 0 Å². The van der Waals surface area contributed by atoms with Crippen molar-refractivity contribution in [3.8, 4) is 0 Å². The zero-order valence-corrected chi connectivity index (χ0v) is 7.52. The summed E-state index contributed by atoms with van der Waals surface area (Å²) >= 11 is 0. The standard InChI is InChI=1S/C9H14BN/c1-4-7(2)9-8(10)5-6-11(9)3/h5-6H,2,4,10H2,1,3H3. The first-order valence-electron chi connectivity index (χ1n) is 3.97. The van der Waals surface area contributed by atoms with Gasteiger partial charge in [0.25, 0.3) is 0 Å². The molecule has 0 radical (unpaired) electrons. The number of rotatable bonds is 2. The zero-order chi connectivity index (χ0) is 8.43. The van der Waals surface area contributed by atoms with Crippen molar-refractivity contribution in [2.24, 2.45) is 7.05 Å². The average Bonchev–Trinajstić information content (AvgIpc) is 2.30. The molecule has 0 fully saturated rings. The van der Waals surface area contributed by atoms with Crippen molar-refractivity contribution < 1.29 is 0 Å². The first-order chi connectivity index (χ1) is 5.16. The van der Waals surface area contributed by atoms with Gasteiger partial charge in [0.05, 0.1) is 0 Å². The Hall–Kier alpha value is -0.915. The second-order valence-corrected chi connectivity index (χ2v) is 2.92. The first-order valence-corrected chi connectivity index (χ1v) is 3.97.